The van der Waals surface area contributed by atoms with Gasteiger partial charge in [0.15, 0.2) is 0 Å². The van der Waals surface area contributed by atoms with Gasteiger partial charge in [0.05, 0.1) is 0 Å². The van der Waals surface area contributed by atoms with Crippen LogP contribution in [0.15, 0.2) is 261 Å². The van der Waals surface area contributed by atoms with Crippen LogP contribution in [0, 0.1) is 6.08 Å². The van der Waals surface area contributed by atoms with Gasteiger partial charge in [0, 0.05) is 0 Å². The molecule has 0 saturated carbocycles. The van der Waals surface area contributed by atoms with Crippen LogP contribution in [0.2, 0.25) is 0 Å². The smallest absolute Gasteiger partial charge is 0.307 e. The van der Waals surface area contributed by atoms with Gasteiger partial charge >= 0.3 is 17.1 Å². The van der Waals surface area contributed by atoms with Crippen LogP contribution >= 0.6 is 0 Å². The summed E-state index contributed by atoms with van der Waals surface area (Å²) < 4.78 is 0. The van der Waals surface area contributed by atoms with Gasteiger partial charge in [-0.1, -0.05) is 243 Å². The van der Waals surface area contributed by atoms with Crippen molar-refractivity contribution in [3.8, 4) is 0 Å². The summed E-state index contributed by atoms with van der Waals surface area (Å²) in [4.78, 5) is 24.0. The van der Waals surface area contributed by atoms with Crippen molar-refractivity contribution in [2.24, 2.45) is 0 Å². The number of allylic oxidation sites excluding steroid dienone is 4. The maximum Gasteiger partial charge on any atom is 3.00 e. The largest absolute Gasteiger partial charge is 3.00 e. The van der Waals surface area contributed by atoms with Crippen LogP contribution in [-0.2, 0) is 31.5 Å². The van der Waals surface area contributed by atoms with Crippen LogP contribution in [-0.4, -0.2) is 32.7 Å². The topological polar surface area (TPSA) is 51.2 Å². The molecule has 0 amide bonds. The SMILES string of the molecule is C=O.C=O.C=O.[C-]1=CC=CC1.[Fe+3].c1ccc([B-](c2ccccc2)(c2ccccc2)c2ccccc2)cc1.c1ccc([B-](c2ccccc2)(c2ccccc2)c2ccccc2)cc1. The Bertz CT molecular complexity index is 1920. The Kier molecular flexibility index (Phi) is 21.9. The van der Waals surface area contributed by atoms with Crippen molar-refractivity contribution in [1.82, 2.24) is 0 Å². The molecule has 0 heterocycles. The maximum absolute atomic E-state index is 8.00. The monoisotopic (exact) mass is 849 g/mol. The fourth-order valence-corrected chi connectivity index (χ4v) is 8.58. The van der Waals surface area contributed by atoms with Gasteiger partial charge in [0.2, 0.25) is 0 Å². The first kappa shape index (κ1) is 49.3. The Hall–Kier alpha value is -7.10. The molecule has 0 aromatic heterocycles. The number of benzene rings is 8. The van der Waals surface area contributed by atoms with Crippen LogP contribution in [0.1, 0.15) is 6.42 Å². The normalized spacial score (nSPS) is 10.6. The van der Waals surface area contributed by atoms with Crippen molar-refractivity contribution in [2.45, 2.75) is 6.42 Å². The second-order valence-corrected chi connectivity index (χ2v) is 14.0. The molecule has 0 unspecified atom stereocenters. The molecule has 1 aliphatic rings. The molecule has 1 aliphatic carbocycles. The summed E-state index contributed by atoms with van der Waals surface area (Å²) in [5, 5.41) is 0. The van der Waals surface area contributed by atoms with Gasteiger partial charge in [-0.25, -0.2) is 12.2 Å². The molecule has 0 N–H and O–H groups in total. The first-order valence-corrected chi connectivity index (χ1v) is 20.2. The molecule has 3 nitrogen and oxygen atoms in total. The van der Waals surface area contributed by atoms with E-state index < -0.39 is 12.3 Å². The zero-order valence-electron chi connectivity index (χ0n) is 34.9. The van der Waals surface area contributed by atoms with E-state index in [1.165, 1.54) is 43.7 Å². The van der Waals surface area contributed by atoms with E-state index in [0.29, 0.717) is 0 Å². The van der Waals surface area contributed by atoms with Crippen LogP contribution in [0.4, 0.5) is 0 Å². The Morgan fingerprint density at radius 3 is 0.548 bits per heavy atom. The molecule has 0 fully saturated rings. The molecule has 8 aromatic carbocycles. The third-order valence-electron chi connectivity index (χ3n) is 11.0. The minimum atomic E-state index is -1.22. The van der Waals surface area contributed by atoms with Gasteiger partial charge in [-0.15, -0.1) is 6.42 Å². The van der Waals surface area contributed by atoms with E-state index >= 15 is 0 Å². The molecular formula is C56H51B2FeO3. The molecule has 62 heavy (non-hydrogen) atoms. The number of rotatable bonds is 8. The Morgan fingerprint density at radius 1 is 0.290 bits per heavy atom. The van der Waals surface area contributed by atoms with E-state index in [1.54, 1.807) is 0 Å². The molecule has 6 heteroatoms. The fraction of sp³-hybridized carbons (Fsp3) is 0.0179. The first-order chi connectivity index (χ1) is 30.3. The van der Waals surface area contributed by atoms with E-state index in [-0.39, 0.29) is 17.1 Å². The van der Waals surface area contributed by atoms with Gasteiger partial charge in [-0.3, -0.25) is 6.08 Å². The standard InChI is InChI=1S/2C24H20B.C5H5.3CH2O.Fe/c2*1-5-13-21(14-6-1)25(22-15-7-2-8-16-22,23-17-9-3-10-18-23)24-19-11-4-12-20-24;1-2-4-5-3-1;3*1-2;/h2*1-20H;1-3H,4H2;3*1H2;/q3*-1;;;;+3. The summed E-state index contributed by atoms with van der Waals surface area (Å²) in [5.41, 5.74) is 10.7. The van der Waals surface area contributed by atoms with E-state index in [0.717, 1.165) is 6.42 Å². The third kappa shape index (κ3) is 11.8. The van der Waals surface area contributed by atoms with Gasteiger partial charge in [0.25, 0.3) is 0 Å². The van der Waals surface area contributed by atoms with Crippen LogP contribution in [0.25, 0.3) is 0 Å². The molecule has 8 aromatic rings. The first-order valence-electron chi connectivity index (χ1n) is 20.2. The van der Waals surface area contributed by atoms with Crippen molar-refractivity contribution in [1.29, 1.82) is 0 Å². The van der Waals surface area contributed by atoms with Crippen molar-refractivity contribution in [3.63, 3.8) is 0 Å². The van der Waals surface area contributed by atoms with Crippen LogP contribution in [0.5, 0.6) is 0 Å². The van der Waals surface area contributed by atoms with Crippen LogP contribution < -0.4 is 43.7 Å². The van der Waals surface area contributed by atoms with Crippen molar-refractivity contribution in [3.05, 3.63) is 267 Å². The second-order valence-electron chi connectivity index (χ2n) is 14.0. The molecule has 0 atom stereocenters. The summed E-state index contributed by atoms with van der Waals surface area (Å²) in [6.07, 6.45) is 7.57. The minimum absolute atomic E-state index is 0. The summed E-state index contributed by atoms with van der Waals surface area (Å²) in [6, 6.07) is 87.1. The average molecular weight is 849 g/mol. The quantitative estimate of drug-likeness (QED) is 0.124. The third-order valence-corrected chi connectivity index (χ3v) is 11.0. The van der Waals surface area contributed by atoms with Gasteiger partial charge < -0.3 is 14.4 Å². The van der Waals surface area contributed by atoms with E-state index in [1.807, 2.05) is 32.5 Å². The Morgan fingerprint density at radius 2 is 0.452 bits per heavy atom. The molecule has 307 valence electrons. The van der Waals surface area contributed by atoms with Crippen molar-refractivity contribution < 1.29 is 31.5 Å². The summed E-state index contributed by atoms with van der Waals surface area (Å²) in [7, 11) is 0. The summed E-state index contributed by atoms with van der Waals surface area (Å²) in [6.45, 7) is 6.00. The predicted molar refractivity (Wildman–Crippen MR) is 263 cm³/mol. The molecule has 0 bridgehead atoms. The summed E-state index contributed by atoms with van der Waals surface area (Å²) >= 11 is 0. The van der Waals surface area contributed by atoms with Crippen LogP contribution in [0.3, 0.4) is 0 Å². The number of hydrogen-bond donors (Lipinski definition) is 0. The van der Waals surface area contributed by atoms with E-state index in [9.17, 15) is 0 Å². The molecule has 0 aliphatic heterocycles. The van der Waals surface area contributed by atoms with Gasteiger partial charge in [0.1, 0.15) is 32.7 Å². The molecular weight excluding hydrogens is 798 g/mol. The fourth-order valence-electron chi connectivity index (χ4n) is 8.58. The molecule has 0 spiro atoms. The van der Waals surface area contributed by atoms with Gasteiger partial charge in [-0.05, 0) is 0 Å². The zero-order chi connectivity index (χ0) is 43.4. The van der Waals surface area contributed by atoms with E-state index in [4.69, 9.17) is 14.4 Å². The molecule has 0 saturated heterocycles. The Labute approximate surface area is 379 Å². The van der Waals surface area contributed by atoms with Crippen molar-refractivity contribution >= 4 is 76.4 Å². The number of carbonyl (C=O) groups is 3. The number of hydrogen-bond acceptors (Lipinski definition) is 3. The molecule has 1 radical (unpaired) electrons. The minimum Gasteiger partial charge on any atom is -0.307 e. The predicted octanol–water partition coefficient (Wildman–Crippen LogP) is 6.88. The number of carbonyl (C=O) groups excluding carboxylic acids is 3. The van der Waals surface area contributed by atoms with Crippen molar-refractivity contribution in [2.75, 3.05) is 0 Å². The Balaban J connectivity index is 0.000000264. The zero-order valence-corrected chi connectivity index (χ0v) is 36.0. The maximum atomic E-state index is 8.00. The van der Waals surface area contributed by atoms with E-state index in [2.05, 4.69) is 255 Å². The average Bonchev–Trinajstić information content (AvgIpc) is 3.98. The van der Waals surface area contributed by atoms with Gasteiger partial charge in [-0.2, -0.15) is 49.8 Å². The second kappa shape index (κ2) is 27.6. The summed E-state index contributed by atoms with van der Waals surface area (Å²) in [5.74, 6) is 0. The molecule has 9 rings (SSSR count).